The summed E-state index contributed by atoms with van der Waals surface area (Å²) in [5.74, 6) is -0.526. The lowest BCUT2D eigenvalue weighted by molar-refractivity contribution is 0.0994. The van der Waals surface area contributed by atoms with Gasteiger partial charge in [-0.3, -0.25) is 9.59 Å². The number of rotatable bonds is 3. The van der Waals surface area contributed by atoms with Gasteiger partial charge in [0, 0.05) is 12.5 Å². The first-order chi connectivity index (χ1) is 11.1. The smallest absolute Gasteiger partial charge is 0.279 e. The fourth-order valence-corrected chi connectivity index (χ4v) is 2.77. The predicted octanol–water partition coefficient (Wildman–Crippen LogP) is 2.88. The van der Waals surface area contributed by atoms with Gasteiger partial charge in [0.15, 0.2) is 10.8 Å². The molecule has 0 saturated carbocycles. The Labute approximate surface area is 136 Å². The molecule has 1 heterocycles. The summed E-state index contributed by atoms with van der Waals surface area (Å²) in [5, 5.41) is 4.58. The summed E-state index contributed by atoms with van der Waals surface area (Å²) in [7, 11) is 0. The minimum atomic E-state index is -0.367. The van der Waals surface area contributed by atoms with Gasteiger partial charge in [0.1, 0.15) is 0 Å². The highest BCUT2D eigenvalue weighted by Gasteiger charge is 2.12. The zero-order chi connectivity index (χ0) is 16.2. The number of carbonyl (C=O) groups is 2. The lowest BCUT2D eigenvalue weighted by atomic mass is 10.2. The zero-order valence-corrected chi connectivity index (χ0v) is 13.2. The van der Waals surface area contributed by atoms with Crippen LogP contribution >= 0.6 is 11.3 Å². The van der Waals surface area contributed by atoms with E-state index >= 15 is 0 Å². The number of hydrogen-bond donors (Lipinski definition) is 0. The summed E-state index contributed by atoms with van der Waals surface area (Å²) in [6.07, 6.45) is 0. The molecule has 1 aromatic heterocycles. The number of aromatic nitrogens is 2. The number of amides is 1. The molecule has 0 atom stereocenters. The van der Waals surface area contributed by atoms with E-state index in [9.17, 15) is 9.59 Å². The van der Waals surface area contributed by atoms with Crippen LogP contribution in [0, 0.1) is 0 Å². The van der Waals surface area contributed by atoms with Crippen molar-refractivity contribution < 1.29 is 9.59 Å². The van der Waals surface area contributed by atoms with Gasteiger partial charge < -0.3 is 0 Å². The first-order valence-electron chi connectivity index (χ1n) is 6.96. The van der Waals surface area contributed by atoms with E-state index in [1.165, 1.54) is 11.6 Å². The number of hydrogen-bond acceptors (Lipinski definition) is 4. The Bertz CT molecular complexity index is 912. The molecule has 0 N–H and O–H groups in total. The SMILES string of the molecule is CC(=O)c1nn(-c2ccccc2)c(=NC(=O)c2ccccc2)s1. The number of nitrogens with zero attached hydrogens (tertiary/aromatic N) is 3. The Balaban J connectivity index is 2.13. The molecule has 3 aromatic rings. The predicted molar refractivity (Wildman–Crippen MR) is 87.8 cm³/mol. The molecule has 3 rings (SSSR count). The Hall–Kier alpha value is -2.86. The topological polar surface area (TPSA) is 64.3 Å². The molecule has 1 amide bonds. The molecule has 23 heavy (non-hydrogen) atoms. The van der Waals surface area contributed by atoms with Gasteiger partial charge in [0.05, 0.1) is 5.69 Å². The average Bonchev–Trinajstić information content (AvgIpc) is 3.00. The van der Waals surface area contributed by atoms with E-state index in [0.717, 1.165) is 17.0 Å². The maximum absolute atomic E-state index is 12.3. The van der Waals surface area contributed by atoms with Gasteiger partial charge in [-0.1, -0.05) is 47.7 Å². The fraction of sp³-hybridized carbons (Fsp3) is 0.0588. The number of ketones is 1. The number of Topliss-reactive ketones (excluding diaryl/α,β-unsaturated/α-hetero) is 1. The molecule has 0 aliphatic carbocycles. The van der Waals surface area contributed by atoms with Gasteiger partial charge >= 0.3 is 0 Å². The first kappa shape index (κ1) is 15.1. The minimum absolute atomic E-state index is 0.159. The highest BCUT2D eigenvalue weighted by molar-refractivity contribution is 7.11. The van der Waals surface area contributed by atoms with Crippen LogP contribution in [0.2, 0.25) is 0 Å². The maximum Gasteiger partial charge on any atom is 0.279 e. The van der Waals surface area contributed by atoms with E-state index in [4.69, 9.17) is 0 Å². The molecule has 6 heteroatoms. The van der Waals surface area contributed by atoms with E-state index in [1.54, 1.807) is 24.3 Å². The van der Waals surface area contributed by atoms with Crippen LogP contribution in [0.3, 0.4) is 0 Å². The quantitative estimate of drug-likeness (QED) is 0.696. The summed E-state index contributed by atoms with van der Waals surface area (Å²) in [6, 6.07) is 18.1. The van der Waals surface area contributed by atoms with E-state index < -0.39 is 0 Å². The van der Waals surface area contributed by atoms with Gasteiger partial charge in [-0.25, -0.2) is 4.68 Å². The summed E-state index contributed by atoms with van der Waals surface area (Å²) in [4.78, 5) is 28.4. The summed E-state index contributed by atoms with van der Waals surface area (Å²) in [5.41, 5.74) is 1.24. The van der Waals surface area contributed by atoms with Crippen LogP contribution in [0.4, 0.5) is 0 Å². The summed E-state index contributed by atoms with van der Waals surface area (Å²) < 4.78 is 1.52. The molecule has 0 radical (unpaired) electrons. The van der Waals surface area contributed by atoms with Gasteiger partial charge in [-0.05, 0) is 24.3 Å². The molecule has 0 unspecified atom stereocenters. The van der Waals surface area contributed by atoms with Crippen LogP contribution in [0.1, 0.15) is 27.1 Å². The highest BCUT2D eigenvalue weighted by atomic mass is 32.1. The van der Waals surface area contributed by atoms with Crippen molar-refractivity contribution in [3.8, 4) is 5.69 Å². The van der Waals surface area contributed by atoms with Crippen LogP contribution < -0.4 is 4.80 Å². The first-order valence-corrected chi connectivity index (χ1v) is 7.77. The molecule has 114 valence electrons. The standard InChI is InChI=1S/C17H13N3O2S/c1-12(21)16-19-20(14-10-6-3-7-11-14)17(23-16)18-15(22)13-8-4-2-5-9-13/h2-11H,1H3. The number of benzene rings is 2. The van der Waals surface area contributed by atoms with Crippen LogP contribution in [0.25, 0.3) is 5.69 Å². The van der Waals surface area contributed by atoms with E-state index in [2.05, 4.69) is 10.1 Å². The van der Waals surface area contributed by atoms with Crippen molar-refractivity contribution in [3.63, 3.8) is 0 Å². The third kappa shape index (κ3) is 3.32. The van der Waals surface area contributed by atoms with Gasteiger partial charge in [0.25, 0.3) is 5.91 Å². The highest BCUT2D eigenvalue weighted by Crippen LogP contribution is 2.08. The summed E-state index contributed by atoms with van der Waals surface area (Å²) >= 11 is 1.10. The average molecular weight is 323 g/mol. The molecule has 0 fully saturated rings. The molecule has 0 bridgehead atoms. The normalized spacial score (nSPS) is 11.4. The van der Waals surface area contributed by atoms with E-state index in [0.29, 0.717) is 15.4 Å². The van der Waals surface area contributed by atoms with Crippen molar-refractivity contribution in [2.45, 2.75) is 6.92 Å². The fourth-order valence-electron chi connectivity index (χ4n) is 1.97. The molecule has 0 aliphatic heterocycles. The largest absolute Gasteiger partial charge is 0.292 e. The lowest BCUT2D eigenvalue weighted by Crippen LogP contribution is -2.16. The van der Waals surface area contributed by atoms with Crippen molar-refractivity contribution in [2.75, 3.05) is 0 Å². The van der Waals surface area contributed by atoms with Crippen LogP contribution in [-0.2, 0) is 0 Å². The second-order valence-corrected chi connectivity index (χ2v) is 5.73. The second-order valence-electron chi connectivity index (χ2n) is 4.78. The third-order valence-corrected chi connectivity index (χ3v) is 4.09. The Morgan fingerprint density at radius 1 is 1.00 bits per heavy atom. The van der Waals surface area contributed by atoms with Crippen LogP contribution in [-0.4, -0.2) is 21.5 Å². The van der Waals surface area contributed by atoms with Crippen molar-refractivity contribution in [1.29, 1.82) is 0 Å². The van der Waals surface area contributed by atoms with Crippen molar-refractivity contribution in [2.24, 2.45) is 4.99 Å². The molecule has 0 saturated heterocycles. The molecular formula is C17H13N3O2S. The van der Waals surface area contributed by atoms with Crippen LogP contribution in [0.15, 0.2) is 65.7 Å². The van der Waals surface area contributed by atoms with E-state index in [1.807, 2.05) is 36.4 Å². The van der Waals surface area contributed by atoms with Crippen molar-refractivity contribution >= 4 is 23.0 Å². The monoisotopic (exact) mass is 323 g/mol. The van der Waals surface area contributed by atoms with Gasteiger partial charge in [-0.2, -0.15) is 10.1 Å². The van der Waals surface area contributed by atoms with Crippen molar-refractivity contribution in [1.82, 2.24) is 9.78 Å². The minimum Gasteiger partial charge on any atom is -0.292 e. The zero-order valence-electron chi connectivity index (χ0n) is 12.3. The Kier molecular flexibility index (Phi) is 4.25. The molecule has 2 aromatic carbocycles. The van der Waals surface area contributed by atoms with Gasteiger partial charge in [-0.15, -0.1) is 0 Å². The number of carbonyl (C=O) groups excluding carboxylic acids is 2. The maximum atomic E-state index is 12.3. The Morgan fingerprint density at radius 2 is 1.61 bits per heavy atom. The van der Waals surface area contributed by atoms with E-state index in [-0.39, 0.29) is 11.7 Å². The number of para-hydroxylation sites is 1. The molecule has 0 aliphatic rings. The third-order valence-electron chi connectivity index (χ3n) is 3.08. The van der Waals surface area contributed by atoms with Gasteiger partial charge in [0.2, 0.25) is 4.80 Å². The molecular weight excluding hydrogens is 310 g/mol. The molecule has 0 spiro atoms. The lowest BCUT2D eigenvalue weighted by Gasteiger charge is -1.99. The second kappa shape index (κ2) is 6.50. The molecule has 5 nitrogen and oxygen atoms in total. The Morgan fingerprint density at radius 3 is 2.22 bits per heavy atom. The summed E-state index contributed by atoms with van der Waals surface area (Å²) in [6.45, 7) is 1.44. The van der Waals surface area contributed by atoms with Crippen molar-refractivity contribution in [3.05, 3.63) is 76.0 Å². The van der Waals surface area contributed by atoms with Crippen LogP contribution in [0.5, 0.6) is 0 Å².